The predicted molar refractivity (Wildman–Crippen MR) is 88.7 cm³/mol. The third-order valence-electron chi connectivity index (χ3n) is 5.27. The van der Waals surface area contributed by atoms with Gasteiger partial charge in [0.15, 0.2) is 0 Å². The highest BCUT2D eigenvalue weighted by Crippen LogP contribution is 2.52. The van der Waals surface area contributed by atoms with Gasteiger partial charge in [-0.2, -0.15) is 0 Å². The molecule has 0 saturated carbocycles. The Bertz CT molecular complexity index is 801. The Morgan fingerprint density at radius 3 is 2.76 bits per heavy atom. The van der Waals surface area contributed by atoms with Gasteiger partial charge >= 0.3 is 5.97 Å². The zero-order valence-electron chi connectivity index (χ0n) is 14.1. The topological polar surface area (TPSA) is 72.9 Å². The van der Waals surface area contributed by atoms with Crippen LogP contribution in [0.5, 0.6) is 0 Å². The molecule has 0 radical (unpaired) electrons. The van der Waals surface area contributed by atoms with E-state index in [1.54, 1.807) is 18.2 Å². The van der Waals surface area contributed by atoms with E-state index in [9.17, 15) is 14.4 Å². The van der Waals surface area contributed by atoms with Gasteiger partial charge in [-0.25, -0.2) is 4.90 Å². The number of benzene rings is 1. The first kappa shape index (κ1) is 16.0. The summed E-state index contributed by atoms with van der Waals surface area (Å²) in [5.74, 6) is -2.18. The van der Waals surface area contributed by atoms with Gasteiger partial charge in [0.2, 0.25) is 11.8 Å². The number of para-hydroxylation sites is 1. The highest BCUT2D eigenvalue weighted by atomic mass is 16.6. The van der Waals surface area contributed by atoms with Gasteiger partial charge in [0.25, 0.3) is 0 Å². The number of hydrogen-bond donors (Lipinski definition) is 0. The third-order valence-corrected chi connectivity index (χ3v) is 5.27. The molecule has 4 rings (SSSR count). The lowest BCUT2D eigenvalue weighted by molar-refractivity contribution is -0.150. The molecule has 0 aromatic heterocycles. The third kappa shape index (κ3) is 2.17. The number of amides is 2. The van der Waals surface area contributed by atoms with Crippen LogP contribution in [0.1, 0.15) is 19.4 Å². The summed E-state index contributed by atoms with van der Waals surface area (Å²) in [6.45, 7) is 3.24. The second-order valence-corrected chi connectivity index (χ2v) is 6.67. The number of aryl methyl sites for hydroxylation is 1. The second kappa shape index (κ2) is 5.52. The molecule has 3 heterocycles. The monoisotopic (exact) mass is 341 g/mol. The smallest absolute Gasteiger partial charge is 0.302 e. The van der Waals surface area contributed by atoms with E-state index in [1.165, 1.54) is 11.8 Å². The van der Waals surface area contributed by atoms with Crippen molar-refractivity contribution in [3.8, 4) is 0 Å². The van der Waals surface area contributed by atoms with Crippen molar-refractivity contribution in [2.75, 3.05) is 11.5 Å². The molecular weight excluding hydrogens is 322 g/mol. The maximum absolute atomic E-state index is 13.2. The molecule has 0 N–H and O–H groups in total. The van der Waals surface area contributed by atoms with Crippen LogP contribution in [0, 0.1) is 11.8 Å². The quantitative estimate of drug-likeness (QED) is 0.473. The van der Waals surface area contributed by atoms with E-state index < -0.39 is 29.5 Å². The van der Waals surface area contributed by atoms with Crippen molar-refractivity contribution in [1.82, 2.24) is 0 Å². The molecule has 0 aliphatic carbocycles. The zero-order valence-corrected chi connectivity index (χ0v) is 14.1. The molecule has 2 fully saturated rings. The summed E-state index contributed by atoms with van der Waals surface area (Å²) < 4.78 is 11.0. The van der Waals surface area contributed by atoms with Gasteiger partial charge in [0, 0.05) is 6.92 Å². The highest BCUT2D eigenvalue weighted by Gasteiger charge is 2.68. The van der Waals surface area contributed by atoms with Crippen LogP contribution in [-0.2, 0) is 30.3 Å². The molecule has 130 valence electrons. The molecule has 25 heavy (non-hydrogen) atoms. The molecule has 1 aromatic carbocycles. The molecule has 3 aliphatic rings. The summed E-state index contributed by atoms with van der Waals surface area (Å²) in [6, 6.07) is 7.43. The molecule has 6 nitrogen and oxygen atoms in total. The fourth-order valence-corrected chi connectivity index (χ4v) is 4.15. The van der Waals surface area contributed by atoms with Crippen LogP contribution in [0.2, 0.25) is 0 Å². The normalized spacial score (nSPS) is 32.4. The molecule has 3 aliphatic heterocycles. The zero-order chi connectivity index (χ0) is 17.8. The number of rotatable bonds is 4. The molecule has 2 bridgehead atoms. The lowest BCUT2D eigenvalue weighted by Gasteiger charge is -2.28. The Balaban J connectivity index is 1.72. The minimum absolute atomic E-state index is 0.0568. The summed E-state index contributed by atoms with van der Waals surface area (Å²) in [4.78, 5) is 38.7. The highest BCUT2D eigenvalue weighted by molar-refractivity contribution is 6.23. The van der Waals surface area contributed by atoms with Crippen molar-refractivity contribution in [2.24, 2.45) is 11.8 Å². The van der Waals surface area contributed by atoms with Crippen molar-refractivity contribution in [1.29, 1.82) is 0 Å². The number of carbonyl (C=O) groups excluding carboxylic acids is 3. The van der Waals surface area contributed by atoms with Crippen LogP contribution in [-0.4, -0.2) is 36.1 Å². The number of imide groups is 1. The van der Waals surface area contributed by atoms with E-state index in [0.717, 1.165) is 12.0 Å². The van der Waals surface area contributed by atoms with E-state index >= 15 is 0 Å². The van der Waals surface area contributed by atoms with Gasteiger partial charge in [-0.05, 0) is 24.1 Å². The lowest BCUT2D eigenvalue weighted by Crippen LogP contribution is -2.44. The van der Waals surface area contributed by atoms with Crippen LogP contribution < -0.4 is 4.90 Å². The summed E-state index contributed by atoms with van der Waals surface area (Å²) in [5, 5.41) is 0. The van der Waals surface area contributed by atoms with Crippen LogP contribution in [0.25, 0.3) is 0 Å². The average molecular weight is 341 g/mol. The van der Waals surface area contributed by atoms with Gasteiger partial charge in [0.1, 0.15) is 12.2 Å². The number of carbonyl (C=O) groups is 3. The predicted octanol–water partition coefficient (Wildman–Crippen LogP) is 1.63. The number of anilines is 1. The minimum Gasteiger partial charge on any atom is -0.462 e. The summed E-state index contributed by atoms with van der Waals surface area (Å²) >= 11 is 0. The number of ether oxygens (including phenoxy) is 2. The SMILES string of the molecule is CCc1ccccc1N1C(=O)[C@@H]2[C@@H](C1=O)[C@@]1(COC(C)=O)C=C[C@H]2O1. The number of fused-ring (bicyclic) bond motifs is 5. The molecular formula is C19H19NO5. The Kier molecular flexibility index (Phi) is 3.54. The molecule has 2 amide bonds. The molecule has 6 heteroatoms. The number of nitrogens with zero attached hydrogens (tertiary/aromatic N) is 1. The van der Waals surface area contributed by atoms with Gasteiger partial charge in [-0.15, -0.1) is 0 Å². The lowest BCUT2D eigenvalue weighted by atomic mass is 9.77. The molecule has 1 aromatic rings. The number of hydrogen-bond acceptors (Lipinski definition) is 5. The van der Waals surface area contributed by atoms with Gasteiger partial charge in [0.05, 0.1) is 23.6 Å². The van der Waals surface area contributed by atoms with Crippen LogP contribution >= 0.6 is 0 Å². The number of esters is 1. The Morgan fingerprint density at radius 1 is 1.28 bits per heavy atom. The van der Waals surface area contributed by atoms with Crippen molar-refractivity contribution in [2.45, 2.75) is 32.0 Å². The summed E-state index contributed by atoms with van der Waals surface area (Å²) in [6.07, 6.45) is 3.84. The Hall–Kier alpha value is -2.47. The van der Waals surface area contributed by atoms with Crippen molar-refractivity contribution < 1.29 is 23.9 Å². The largest absolute Gasteiger partial charge is 0.462 e. The molecule has 4 atom stereocenters. The van der Waals surface area contributed by atoms with E-state index in [4.69, 9.17) is 9.47 Å². The van der Waals surface area contributed by atoms with Crippen LogP contribution in [0.15, 0.2) is 36.4 Å². The summed E-state index contributed by atoms with van der Waals surface area (Å²) in [5.41, 5.74) is 0.541. The fraction of sp³-hybridized carbons (Fsp3) is 0.421. The summed E-state index contributed by atoms with van der Waals surface area (Å²) in [7, 11) is 0. The van der Waals surface area contributed by atoms with Crippen molar-refractivity contribution in [3.63, 3.8) is 0 Å². The van der Waals surface area contributed by atoms with Crippen LogP contribution in [0.4, 0.5) is 5.69 Å². The molecule has 0 unspecified atom stereocenters. The Labute approximate surface area is 145 Å². The fourth-order valence-electron chi connectivity index (χ4n) is 4.15. The van der Waals surface area contributed by atoms with E-state index in [-0.39, 0.29) is 18.4 Å². The van der Waals surface area contributed by atoms with Crippen molar-refractivity contribution >= 4 is 23.5 Å². The van der Waals surface area contributed by atoms with E-state index in [2.05, 4.69) is 0 Å². The standard InChI is InChI=1S/C19H19NO5/c1-3-12-6-4-5-7-13(12)20-17(22)15-14-8-9-19(25-14,10-24-11(2)21)16(15)18(20)23/h4-9,14-16H,3,10H2,1-2H3/t14-,15+,16+,19+/m1/s1. The average Bonchev–Trinajstić information content (AvgIpc) is 3.24. The maximum atomic E-state index is 13.2. The minimum atomic E-state index is -1.04. The van der Waals surface area contributed by atoms with E-state index in [1.807, 2.05) is 25.1 Å². The first-order valence-electron chi connectivity index (χ1n) is 8.45. The molecule has 0 spiro atoms. The first-order chi connectivity index (χ1) is 12.0. The van der Waals surface area contributed by atoms with Gasteiger partial charge in [-0.3, -0.25) is 14.4 Å². The van der Waals surface area contributed by atoms with Gasteiger partial charge in [-0.1, -0.05) is 31.2 Å². The van der Waals surface area contributed by atoms with Crippen LogP contribution in [0.3, 0.4) is 0 Å². The second-order valence-electron chi connectivity index (χ2n) is 6.67. The van der Waals surface area contributed by atoms with Crippen molar-refractivity contribution in [3.05, 3.63) is 42.0 Å². The maximum Gasteiger partial charge on any atom is 0.302 e. The first-order valence-corrected chi connectivity index (χ1v) is 8.45. The Morgan fingerprint density at radius 2 is 2.04 bits per heavy atom. The van der Waals surface area contributed by atoms with E-state index in [0.29, 0.717) is 5.69 Å². The molecule has 2 saturated heterocycles. The van der Waals surface area contributed by atoms with Gasteiger partial charge < -0.3 is 9.47 Å².